The van der Waals surface area contributed by atoms with Crippen LogP contribution in [0.3, 0.4) is 0 Å². The van der Waals surface area contributed by atoms with Crippen molar-refractivity contribution in [3.63, 3.8) is 0 Å². The van der Waals surface area contributed by atoms with Crippen molar-refractivity contribution in [2.24, 2.45) is 5.92 Å². The van der Waals surface area contributed by atoms with Gasteiger partial charge in [-0.2, -0.15) is 0 Å². The molecule has 1 aliphatic heterocycles. The van der Waals surface area contributed by atoms with Crippen LogP contribution in [0.5, 0.6) is 0 Å². The molecule has 0 aliphatic carbocycles. The number of carbonyl (C=O) groups is 1. The molecule has 1 atom stereocenters. The minimum Gasteiger partial charge on any atom is -0.343 e. The topological polar surface area (TPSA) is 57.7 Å². The first kappa shape index (κ1) is 17.4. The highest BCUT2D eigenvalue weighted by Crippen LogP contribution is 2.20. The van der Waals surface area contributed by atoms with Crippen LogP contribution in [0.4, 0.5) is 0 Å². The van der Waals surface area contributed by atoms with Gasteiger partial charge in [0, 0.05) is 33.1 Å². The third-order valence-electron chi connectivity index (χ3n) is 4.14. The Bertz CT molecular complexity index is 414. The van der Waals surface area contributed by atoms with E-state index in [9.17, 15) is 13.2 Å². The zero-order valence-electron chi connectivity index (χ0n) is 13.1. The Kier molecular flexibility index (Phi) is 6.45. The van der Waals surface area contributed by atoms with Crippen molar-refractivity contribution < 1.29 is 13.2 Å². The number of nitrogens with zero attached hydrogens (tertiary/aromatic N) is 2. The van der Waals surface area contributed by atoms with Crippen molar-refractivity contribution >= 4 is 15.9 Å². The van der Waals surface area contributed by atoms with Crippen LogP contribution in [0, 0.1) is 5.92 Å². The Morgan fingerprint density at radius 2 is 1.90 bits per heavy atom. The second kappa shape index (κ2) is 7.41. The van der Waals surface area contributed by atoms with Gasteiger partial charge in [-0.15, -0.1) is 0 Å². The zero-order chi connectivity index (χ0) is 15.3. The number of hydrogen-bond acceptors (Lipinski definition) is 3. The Morgan fingerprint density at radius 1 is 1.35 bits per heavy atom. The molecule has 0 spiro atoms. The summed E-state index contributed by atoms with van der Waals surface area (Å²) in [4.78, 5) is 13.1. The van der Waals surface area contributed by atoms with Gasteiger partial charge in [0.15, 0.2) is 0 Å². The minimum atomic E-state index is -3.14. The third kappa shape index (κ3) is 4.74. The molecule has 0 bridgehead atoms. The van der Waals surface area contributed by atoms with E-state index in [0.717, 1.165) is 25.7 Å². The van der Waals surface area contributed by atoms with Crippen LogP contribution in [0.25, 0.3) is 0 Å². The van der Waals surface area contributed by atoms with Crippen LogP contribution < -0.4 is 0 Å². The molecule has 1 unspecified atom stereocenters. The fraction of sp³-hybridized carbons (Fsp3) is 0.929. The standard InChI is InChI=1S/C14H28N2O3S/c1-5-6-12(2)11-20(18,19)16-9-7-14(8-10-16)15(4)13(3)17/h12,14H,5-11H2,1-4H3. The van der Waals surface area contributed by atoms with Gasteiger partial charge in [0.1, 0.15) is 0 Å². The SMILES string of the molecule is CCCC(C)CS(=O)(=O)N1CCC(N(C)C(C)=O)CC1. The summed E-state index contributed by atoms with van der Waals surface area (Å²) >= 11 is 0. The van der Waals surface area contributed by atoms with Gasteiger partial charge in [-0.3, -0.25) is 4.79 Å². The summed E-state index contributed by atoms with van der Waals surface area (Å²) in [5, 5.41) is 0. The van der Waals surface area contributed by atoms with Crippen LogP contribution in [-0.4, -0.2) is 55.5 Å². The maximum absolute atomic E-state index is 12.3. The lowest BCUT2D eigenvalue weighted by Gasteiger charge is -2.36. The Balaban J connectivity index is 2.54. The smallest absolute Gasteiger partial charge is 0.219 e. The van der Waals surface area contributed by atoms with Crippen LogP contribution >= 0.6 is 0 Å². The zero-order valence-corrected chi connectivity index (χ0v) is 13.9. The van der Waals surface area contributed by atoms with Gasteiger partial charge in [-0.1, -0.05) is 20.3 Å². The summed E-state index contributed by atoms with van der Waals surface area (Å²) in [7, 11) is -1.35. The summed E-state index contributed by atoms with van der Waals surface area (Å²) < 4.78 is 26.3. The first-order valence-corrected chi connectivity index (χ1v) is 9.10. The number of sulfonamides is 1. The molecule has 118 valence electrons. The van der Waals surface area contributed by atoms with E-state index in [2.05, 4.69) is 6.92 Å². The number of rotatable bonds is 6. The van der Waals surface area contributed by atoms with Gasteiger partial charge in [0.25, 0.3) is 0 Å². The van der Waals surface area contributed by atoms with Crippen molar-refractivity contribution in [3.05, 3.63) is 0 Å². The largest absolute Gasteiger partial charge is 0.343 e. The molecule has 20 heavy (non-hydrogen) atoms. The first-order chi connectivity index (χ1) is 9.27. The predicted octanol–water partition coefficient (Wildman–Crippen LogP) is 1.70. The highest BCUT2D eigenvalue weighted by atomic mass is 32.2. The van der Waals surface area contributed by atoms with Crippen LogP contribution in [-0.2, 0) is 14.8 Å². The lowest BCUT2D eigenvalue weighted by Crippen LogP contribution is -2.47. The van der Waals surface area contributed by atoms with E-state index in [1.54, 1.807) is 23.2 Å². The van der Waals surface area contributed by atoms with Crippen LogP contribution in [0.2, 0.25) is 0 Å². The van der Waals surface area contributed by atoms with E-state index in [1.807, 2.05) is 6.92 Å². The third-order valence-corrected chi connectivity index (χ3v) is 6.28. The summed E-state index contributed by atoms with van der Waals surface area (Å²) in [5.41, 5.74) is 0. The average molecular weight is 304 g/mol. The number of carbonyl (C=O) groups excluding carboxylic acids is 1. The molecule has 1 saturated heterocycles. The Morgan fingerprint density at radius 3 is 2.35 bits per heavy atom. The van der Waals surface area contributed by atoms with Crippen molar-refractivity contribution in [2.45, 2.75) is 52.5 Å². The predicted molar refractivity (Wildman–Crippen MR) is 80.9 cm³/mol. The van der Waals surface area contributed by atoms with Gasteiger partial charge in [0.05, 0.1) is 5.75 Å². The van der Waals surface area contributed by atoms with E-state index in [-0.39, 0.29) is 23.6 Å². The molecule has 1 heterocycles. The number of amides is 1. The molecule has 1 fully saturated rings. The summed E-state index contributed by atoms with van der Waals surface area (Å²) in [5.74, 6) is 0.499. The van der Waals surface area contributed by atoms with Gasteiger partial charge in [-0.05, 0) is 25.2 Å². The highest BCUT2D eigenvalue weighted by Gasteiger charge is 2.30. The van der Waals surface area contributed by atoms with Gasteiger partial charge >= 0.3 is 0 Å². The molecule has 0 aromatic heterocycles. The second-order valence-corrected chi connectivity index (χ2v) is 7.95. The first-order valence-electron chi connectivity index (χ1n) is 7.49. The molecule has 1 amide bonds. The normalized spacial score (nSPS) is 19.8. The van der Waals surface area contributed by atoms with Gasteiger partial charge in [-0.25, -0.2) is 12.7 Å². The molecular formula is C14H28N2O3S. The lowest BCUT2D eigenvalue weighted by atomic mass is 10.1. The number of piperidine rings is 1. The van der Waals surface area contributed by atoms with E-state index in [4.69, 9.17) is 0 Å². The Labute approximate surface area is 123 Å². The van der Waals surface area contributed by atoms with Crippen molar-refractivity contribution in [3.8, 4) is 0 Å². The number of hydrogen-bond donors (Lipinski definition) is 0. The quantitative estimate of drug-likeness (QED) is 0.750. The van der Waals surface area contributed by atoms with Crippen molar-refractivity contribution in [1.29, 1.82) is 0 Å². The Hall–Kier alpha value is -0.620. The molecule has 5 nitrogen and oxygen atoms in total. The molecule has 1 rings (SSSR count). The van der Waals surface area contributed by atoms with Crippen molar-refractivity contribution in [1.82, 2.24) is 9.21 Å². The highest BCUT2D eigenvalue weighted by molar-refractivity contribution is 7.89. The maximum Gasteiger partial charge on any atom is 0.219 e. The average Bonchev–Trinajstić information content (AvgIpc) is 2.37. The van der Waals surface area contributed by atoms with E-state index < -0.39 is 10.0 Å². The molecule has 0 aromatic carbocycles. The monoisotopic (exact) mass is 304 g/mol. The molecule has 0 aromatic rings. The molecule has 0 saturated carbocycles. The lowest BCUT2D eigenvalue weighted by molar-refractivity contribution is -0.130. The van der Waals surface area contributed by atoms with Crippen molar-refractivity contribution in [2.75, 3.05) is 25.9 Å². The van der Waals surface area contributed by atoms with Crippen LogP contribution in [0.1, 0.15) is 46.5 Å². The second-order valence-electron chi connectivity index (χ2n) is 5.93. The summed E-state index contributed by atoms with van der Waals surface area (Å²) in [6, 6.07) is 0.173. The fourth-order valence-corrected chi connectivity index (χ4v) is 4.67. The molecule has 6 heteroatoms. The van der Waals surface area contributed by atoms with E-state index in [0.29, 0.717) is 13.1 Å². The molecular weight excluding hydrogens is 276 g/mol. The van der Waals surface area contributed by atoms with E-state index in [1.165, 1.54) is 0 Å². The summed E-state index contributed by atoms with van der Waals surface area (Å²) in [6.45, 7) is 6.69. The molecule has 0 N–H and O–H groups in total. The summed E-state index contributed by atoms with van der Waals surface area (Å²) in [6.07, 6.45) is 3.43. The molecule has 0 radical (unpaired) electrons. The van der Waals surface area contributed by atoms with Gasteiger partial charge < -0.3 is 4.90 Å². The van der Waals surface area contributed by atoms with Gasteiger partial charge in [0.2, 0.25) is 15.9 Å². The van der Waals surface area contributed by atoms with E-state index >= 15 is 0 Å². The molecule has 1 aliphatic rings. The fourth-order valence-electron chi connectivity index (χ4n) is 2.81. The minimum absolute atomic E-state index is 0.0443. The van der Waals surface area contributed by atoms with Crippen LogP contribution in [0.15, 0.2) is 0 Å². The maximum atomic E-state index is 12.3.